The predicted molar refractivity (Wildman–Crippen MR) is 75.0 cm³/mol. The van der Waals surface area contributed by atoms with Crippen LogP contribution in [0.4, 0.5) is 0 Å². The minimum atomic E-state index is -0.355. The molecule has 0 unspecified atom stereocenters. The van der Waals surface area contributed by atoms with E-state index in [2.05, 4.69) is 10.3 Å². The third-order valence-electron chi connectivity index (χ3n) is 3.73. The molecular formula is C13H15N3O3S. The molecule has 6 nitrogen and oxygen atoms in total. The van der Waals surface area contributed by atoms with Gasteiger partial charge in [0.05, 0.1) is 18.4 Å². The molecule has 1 aliphatic carbocycles. The molecule has 2 heterocycles. The quantitative estimate of drug-likeness (QED) is 0.581. The maximum absolute atomic E-state index is 12.2. The zero-order valence-corrected chi connectivity index (χ0v) is 11.7. The summed E-state index contributed by atoms with van der Waals surface area (Å²) < 4.78 is 0. The van der Waals surface area contributed by atoms with Gasteiger partial charge in [-0.15, -0.1) is 0 Å². The second-order valence-electron chi connectivity index (χ2n) is 5.00. The lowest BCUT2D eigenvalue weighted by atomic mass is 9.85. The van der Waals surface area contributed by atoms with Gasteiger partial charge in [0.15, 0.2) is 5.17 Å². The molecule has 0 radical (unpaired) electrons. The van der Waals surface area contributed by atoms with Gasteiger partial charge in [0.2, 0.25) is 17.7 Å². The molecule has 0 aromatic heterocycles. The van der Waals surface area contributed by atoms with Crippen LogP contribution >= 0.6 is 11.8 Å². The molecule has 3 amide bonds. The van der Waals surface area contributed by atoms with Gasteiger partial charge in [0, 0.05) is 5.75 Å². The number of amidine groups is 1. The summed E-state index contributed by atoms with van der Waals surface area (Å²) in [5.74, 6) is -0.503. The number of nitrogens with one attached hydrogen (secondary N) is 1. The Morgan fingerprint density at radius 2 is 1.95 bits per heavy atom. The van der Waals surface area contributed by atoms with Gasteiger partial charge >= 0.3 is 0 Å². The second-order valence-corrected chi connectivity index (χ2v) is 6.09. The lowest BCUT2D eigenvalue weighted by Gasteiger charge is -2.14. The van der Waals surface area contributed by atoms with Gasteiger partial charge in [-0.3, -0.25) is 24.3 Å². The van der Waals surface area contributed by atoms with Crippen molar-refractivity contribution in [2.24, 2.45) is 16.8 Å². The number of imide groups is 1. The van der Waals surface area contributed by atoms with Crippen LogP contribution in [0, 0.1) is 11.8 Å². The monoisotopic (exact) mass is 293 g/mol. The number of carbonyl (C=O) groups is 3. The van der Waals surface area contributed by atoms with Gasteiger partial charge in [-0.05, 0) is 12.8 Å². The fourth-order valence-corrected chi connectivity index (χ4v) is 3.48. The molecule has 2 aliphatic heterocycles. The molecule has 0 bridgehead atoms. The summed E-state index contributed by atoms with van der Waals surface area (Å²) >= 11 is 1.47. The van der Waals surface area contributed by atoms with Gasteiger partial charge in [0.25, 0.3) is 0 Å². The molecule has 20 heavy (non-hydrogen) atoms. The van der Waals surface area contributed by atoms with E-state index >= 15 is 0 Å². The number of fused-ring (bicyclic) bond motifs is 1. The Labute approximate surface area is 120 Å². The van der Waals surface area contributed by atoms with Crippen LogP contribution in [0.5, 0.6) is 0 Å². The van der Waals surface area contributed by atoms with Crippen LogP contribution < -0.4 is 5.32 Å². The number of carbonyl (C=O) groups excluding carboxylic acids is 3. The Bertz CT molecular complexity index is 503. The van der Waals surface area contributed by atoms with Crippen molar-refractivity contribution < 1.29 is 14.4 Å². The van der Waals surface area contributed by atoms with Gasteiger partial charge in [-0.25, -0.2) is 0 Å². The Hall–Kier alpha value is -1.63. The van der Waals surface area contributed by atoms with E-state index in [1.165, 1.54) is 11.8 Å². The van der Waals surface area contributed by atoms with E-state index in [4.69, 9.17) is 0 Å². The van der Waals surface area contributed by atoms with Gasteiger partial charge in [-0.1, -0.05) is 23.9 Å². The Morgan fingerprint density at radius 3 is 2.50 bits per heavy atom. The van der Waals surface area contributed by atoms with E-state index in [0.717, 1.165) is 10.7 Å². The summed E-state index contributed by atoms with van der Waals surface area (Å²) in [5.41, 5.74) is 0. The zero-order chi connectivity index (χ0) is 14.1. The maximum atomic E-state index is 12.2. The Balaban J connectivity index is 1.64. The van der Waals surface area contributed by atoms with Crippen molar-refractivity contribution in [2.75, 3.05) is 18.8 Å². The first kappa shape index (κ1) is 13.4. The van der Waals surface area contributed by atoms with Gasteiger partial charge in [-0.2, -0.15) is 0 Å². The van der Waals surface area contributed by atoms with E-state index in [0.29, 0.717) is 24.6 Å². The van der Waals surface area contributed by atoms with E-state index in [1.807, 2.05) is 12.2 Å². The van der Waals surface area contributed by atoms with Crippen LogP contribution in [-0.2, 0) is 14.4 Å². The molecule has 106 valence electrons. The minimum absolute atomic E-state index is 0.204. The Kier molecular flexibility index (Phi) is 3.60. The van der Waals surface area contributed by atoms with Crippen molar-refractivity contribution in [1.82, 2.24) is 10.2 Å². The first-order valence-electron chi connectivity index (χ1n) is 6.64. The van der Waals surface area contributed by atoms with Crippen molar-refractivity contribution in [1.29, 1.82) is 0 Å². The first-order chi connectivity index (χ1) is 9.66. The molecule has 7 heteroatoms. The largest absolute Gasteiger partial charge is 0.304 e. The summed E-state index contributed by atoms with van der Waals surface area (Å²) in [6.07, 6.45) is 5.05. The summed E-state index contributed by atoms with van der Waals surface area (Å²) in [6.45, 7) is 0.488. The number of nitrogens with zero attached hydrogens (tertiary/aromatic N) is 2. The number of thioether (sulfide) groups is 1. The van der Waals surface area contributed by atoms with Crippen LogP contribution in [0.3, 0.4) is 0 Å². The van der Waals surface area contributed by atoms with Crippen LogP contribution in [0.25, 0.3) is 0 Å². The molecule has 0 aromatic carbocycles. The smallest absolute Gasteiger partial charge is 0.246 e. The molecular weight excluding hydrogens is 278 g/mol. The second kappa shape index (κ2) is 5.40. The number of hydrogen-bond donors (Lipinski definition) is 1. The van der Waals surface area contributed by atoms with Crippen molar-refractivity contribution in [3.05, 3.63) is 12.2 Å². The van der Waals surface area contributed by atoms with Gasteiger partial charge < -0.3 is 5.32 Å². The Morgan fingerprint density at radius 1 is 1.30 bits per heavy atom. The van der Waals surface area contributed by atoms with Gasteiger partial charge in [0.1, 0.15) is 6.54 Å². The SMILES string of the molecule is O=C(CN1C(=O)[C@H]2CC=CC[C@@H]2C1=O)NC1=NCCS1. The molecule has 3 rings (SSSR count). The third-order valence-corrected chi connectivity index (χ3v) is 4.62. The van der Waals surface area contributed by atoms with Crippen molar-refractivity contribution >= 4 is 34.7 Å². The van der Waals surface area contributed by atoms with E-state index in [-0.39, 0.29) is 36.1 Å². The van der Waals surface area contributed by atoms with Crippen LogP contribution in [0.15, 0.2) is 17.1 Å². The van der Waals surface area contributed by atoms with Crippen molar-refractivity contribution in [3.63, 3.8) is 0 Å². The lowest BCUT2D eigenvalue weighted by Crippen LogP contribution is -2.42. The van der Waals surface area contributed by atoms with Crippen molar-refractivity contribution in [2.45, 2.75) is 12.8 Å². The molecule has 0 saturated carbocycles. The number of rotatable bonds is 2. The average molecular weight is 293 g/mol. The number of allylic oxidation sites excluding steroid dienone is 2. The molecule has 3 aliphatic rings. The molecule has 2 atom stereocenters. The fraction of sp³-hybridized carbons (Fsp3) is 0.538. The molecule has 1 saturated heterocycles. The van der Waals surface area contributed by atoms with Crippen molar-refractivity contribution in [3.8, 4) is 0 Å². The number of hydrogen-bond acceptors (Lipinski definition) is 5. The number of aliphatic imine (C=N–C) groups is 1. The molecule has 1 fully saturated rings. The van der Waals surface area contributed by atoms with E-state index < -0.39 is 0 Å². The molecule has 0 spiro atoms. The summed E-state index contributed by atoms with van der Waals surface area (Å²) in [6, 6.07) is 0. The summed E-state index contributed by atoms with van der Waals surface area (Å²) in [5, 5.41) is 3.22. The number of amides is 3. The highest BCUT2D eigenvalue weighted by Gasteiger charge is 2.47. The maximum Gasteiger partial charge on any atom is 0.246 e. The highest BCUT2D eigenvalue weighted by Crippen LogP contribution is 2.34. The minimum Gasteiger partial charge on any atom is -0.304 e. The summed E-state index contributed by atoms with van der Waals surface area (Å²) in [4.78, 5) is 41.4. The van der Waals surface area contributed by atoms with Crippen LogP contribution in [0.2, 0.25) is 0 Å². The van der Waals surface area contributed by atoms with E-state index in [1.54, 1.807) is 0 Å². The van der Waals surface area contributed by atoms with Crippen LogP contribution in [0.1, 0.15) is 12.8 Å². The lowest BCUT2D eigenvalue weighted by molar-refractivity contribution is -0.143. The third kappa shape index (κ3) is 2.37. The predicted octanol–water partition coefficient (Wildman–Crippen LogP) is 0.157. The standard InChI is InChI=1S/C13H15N3O3S/c17-10(15-13-14-5-6-20-13)7-16-11(18)8-3-1-2-4-9(8)12(16)19/h1-2,8-9H,3-7H2,(H,14,15,17)/t8-,9-/m0/s1. The topological polar surface area (TPSA) is 78.8 Å². The molecule has 1 N–H and O–H groups in total. The number of likely N-dealkylation sites (tertiary alicyclic amines) is 1. The van der Waals surface area contributed by atoms with Crippen LogP contribution in [-0.4, -0.2) is 46.6 Å². The fourth-order valence-electron chi connectivity index (χ4n) is 2.74. The van der Waals surface area contributed by atoms with E-state index in [9.17, 15) is 14.4 Å². The first-order valence-corrected chi connectivity index (χ1v) is 7.62. The summed E-state index contributed by atoms with van der Waals surface area (Å²) in [7, 11) is 0. The highest BCUT2D eigenvalue weighted by atomic mass is 32.2. The zero-order valence-electron chi connectivity index (χ0n) is 10.9. The molecule has 0 aromatic rings. The average Bonchev–Trinajstić information content (AvgIpc) is 3.03. The normalized spacial score (nSPS) is 28.6. The highest BCUT2D eigenvalue weighted by molar-refractivity contribution is 8.14.